The van der Waals surface area contributed by atoms with Crippen molar-refractivity contribution in [3.63, 3.8) is 0 Å². The predicted molar refractivity (Wildman–Crippen MR) is 101 cm³/mol. The zero-order chi connectivity index (χ0) is 21.0. The molecule has 0 saturated carbocycles. The van der Waals surface area contributed by atoms with Gasteiger partial charge in [0.1, 0.15) is 29.4 Å². The quantitative estimate of drug-likeness (QED) is 0.601. The van der Waals surface area contributed by atoms with Crippen LogP contribution in [0.2, 0.25) is 0 Å². The van der Waals surface area contributed by atoms with Gasteiger partial charge in [0.2, 0.25) is 0 Å². The SMILES string of the molecule is Cc1cc(NC(=O)C(C)OC(=O)c2ccccc2OCc2c(C)noc2C)no1. The van der Waals surface area contributed by atoms with Crippen LogP contribution >= 0.6 is 0 Å². The van der Waals surface area contributed by atoms with E-state index in [1.165, 1.54) is 6.92 Å². The third kappa shape index (κ3) is 4.81. The summed E-state index contributed by atoms with van der Waals surface area (Å²) in [6, 6.07) is 8.20. The van der Waals surface area contributed by atoms with E-state index in [0.29, 0.717) is 17.3 Å². The number of carbonyl (C=O) groups is 2. The Bertz CT molecular complexity index is 1000. The lowest BCUT2D eigenvalue weighted by Gasteiger charge is -2.14. The smallest absolute Gasteiger partial charge is 0.342 e. The maximum atomic E-state index is 12.6. The second-order valence-corrected chi connectivity index (χ2v) is 6.45. The minimum absolute atomic E-state index is 0.188. The monoisotopic (exact) mass is 399 g/mol. The van der Waals surface area contributed by atoms with Gasteiger partial charge in [-0.1, -0.05) is 22.4 Å². The number of para-hydroxylation sites is 1. The Balaban J connectivity index is 1.65. The molecule has 152 valence electrons. The molecule has 1 atom stereocenters. The second kappa shape index (κ2) is 8.59. The van der Waals surface area contributed by atoms with Crippen LogP contribution in [0, 0.1) is 20.8 Å². The first kappa shape index (κ1) is 20.1. The van der Waals surface area contributed by atoms with Gasteiger partial charge >= 0.3 is 5.97 Å². The van der Waals surface area contributed by atoms with Crippen LogP contribution in [0.4, 0.5) is 5.82 Å². The van der Waals surface area contributed by atoms with Crippen molar-refractivity contribution in [2.75, 3.05) is 5.32 Å². The highest BCUT2D eigenvalue weighted by molar-refractivity contribution is 5.97. The Labute approximate surface area is 166 Å². The third-order valence-corrected chi connectivity index (χ3v) is 4.19. The number of nitrogens with one attached hydrogen (secondary N) is 1. The largest absolute Gasteiger partial charge is 0.488 e. The minimum Gasteiger partial charge on any atom is -0.488 e. The molecule has 1 N–H and O–H groups in total. The summed E-state index contributed by atoms with van der Waals surface area (Å²) in [5.74, 6) is 0.570. The fourth-order valence-corrected chi connectivity index (χ4v) is 2.55. The molecule has 0 aliphatic rings. The Morgan fingerprint density at radius 1 is 1.14 bits per heavy atom. The molecule has 0 fully saturated rings. The molecule has 0 aliphatic heterocycles. The van der Waals surface area contributed by atoms with Crippen LogP contribution in [0.25, 0.3) is 0 Å². The van der Waals surface area contributed by atoms with E-state index in [0.717, 1.165) is 11.3 Å². The van der Waals surface area contributed by atoms with Crippen molar-refractivity contribution in [2.45, 2.75) is 40.4 Å². The van der Waals surface area contributed by atoms with Crippen LogP contribution in [0.1, 0.15) is 40.1 Å². The van der Waals surface area contributed by atoms with E-state index < -0.39 is 18.0 Å². The molecular formula is C20H21N3O6. The topological polar surface area (TPSA) is 117 Å². The molecular weight excluding hydrogens is 378 g/mol. The standard InChI is InChI=1S/C20H21N3O6/c1-11-9-18(23-28-11)21-19(24)14(4)27-20(25)15-7-5-6-8-17(15)26-10-16-12(2)22-29-13(16)3/h5-9,14H,10H2,1-4H3,(H,21,23,24). The Morgan fingerprint density at radius 3 is 2.55 bits per heavy atom. The first-order valence-corrected chi connectivity index (χ1v) is 8.94. The van der Waals surface area contributed by atoms with Gasteiger partial charge in [-0.05, 0) is 39.8 Å². The summed E-state index contributed by atoms with van der Waals surface area (Å²) in [6.45, 7) is 6.95. The summed E-state index contributed by atoms with van der Waals surface area (Å²) in [4.78, 5) is 24.8. The van der Waals surface area contributed by atoms with Crippen LogP contribution in [-0.4, -0.2) is 28.3 Å². The number of hydrogen-bond donors (Lipinski definition) is 1. The van der Waals surface area contributed by atoms with Gasteiger partial charge < -0.3 is 23.8 Å². The number of aryl methyl sites for hydroxylation is 3. The number of ether oxygens (including phenoxy) is 2. The van der Waals surface area contributed by atoms with Crippen molar-refractivity contribution >= 4 is 17.7 Å². The maximum absolute atomic E-state index is 12.6. The normalized spacial score (nSPS) is 11.7. The lowest BCUT2D eigenvalue weighted by atomic mass is 10.2. The molecule has 0 spiro atoms. The van der Waals surface area contributed by atoms with Crippen molar-refractivity contribution < 1.29 is 28.1 Å². The van der Waals surface area contributed by atoms with Crippen molar-refractivity contribution in [1.29, 1.82) is 0 Å². The van der Waals surface area contributed by atoms with Crippen molar-refractivity contribution in [1.82, 2.24) is 10.3 Å². The molecule has 29 heavy (non-hydrogen) atoms. The van der Waals surface area contributed by atoms with Gasteiger partial charge in [-0.15, -0.1) is 0 Å². The van der Waals surface area contributed by atoms with E-state index in [9.17, 15) is 9.59 Å². The molecule has 9 heteroatoms. The van der Waals surface area contributed by atoms with Gasteiger partial charge in [0.25, 0.3) is 5.91 Å². The van der Waals surface area contributed by atoms with E-state index in [-0.39, 0.29) is 18.0 Å². The highest BCUT2D eigenvalue weighted by Gasteiger charge is 2.22. The van der Waals surface area contributed by atoms with E-state index in [1.807, 2.05) is 6.92 Å². The van der Waals surface area contributed by atoms with Gasteiger partial charge in [-0.2, -0.15) is 0 Å². The zero-order valence-electron chi connectivity index (χ0n) is 16.5. The van der Waals surface area contributed by atoms with Crippen LogP contribution in [-0.2, 0) is 16.1 Å². The van der Waals surface area contributed by atoms with Crippen molar-refractivity contribution in [3.8, 4) is 5.75 Å². The molecule has 0 saturated heterocycles. The number of esters is 1. The molecule has 2 aromatic heterocycles. The molecule has 0 aliphatic carbocycles. The van der Waals surface area contributed by atoms with E-state index in [4.69, 9.17) is 18.5 Å². The molecule has 3 rings (SSSR count). The molecule has 0 radical (unpaired) electrons. The summed E-state index contributed by atoms with van der Waals surface area (Å²) >= 11 is 0. The van der Waals surface area contributed by atoms with Crippen LogP contribution < -0.4 is 10.1 Å². The highest BCUT2D eigenvalue weighted by Crippen LogP contribution is 2.23. The highest BCUT2D eigenvalue weighted by atomic mass is 16.6. The van der Waals surface area contributed by atoms with Gasteiger partial charge in [-0.3, -0.25) is 4.79 Å². The van der Waals surface area contributed by atoms with Crippen molar-refractivity contribution in [2.24, 2.45) is 0 Å². The van der Waals surface area contributed by atoms with Crippen LogP contribution in [0.3, 0.4) is 0 Å². The Morgan fingerprint density at radius 2 is 1.90 bits per heavy atom. The summed E-state index contributed by atoms with van der Waals surface area (Å²) in [5.41, 5.74) is 1.73. The predicted octanol–water partition coefficient (Wildman–Crippen LogP) is 3.35. The van der Waals surface area contributed by atoms with Gasteiger partial charge in [0, 0.05) is 6.07 Å². The Hall–Kier alpha value is -3.62. The second-order valence-electron chi connectivity index (χ2n) is 6.45. The van der Waals surface area contributed by atoms with Crippen LogP contribution in [0.5, 0.6) is 5.75 Å². The van der Waals surface area contributed by atoms with E-state index in [2.05, 4.69) is 15.6 Å². The lowest BCUT2D eigenvalue weighted by Crippen LogP contribution is -2.30. The Kier molecular flexibility index (Phi) is 5.96. The van der Waals surface area contributed by atoms with Gasteiger partial charge in [0.05, 0.1) is 11.3 Å². The number of anilines is 1. The number of amides is 1. The molecule has 9 nitrogen and oxygen atoms in total. The minimum atomic E-state index is -1.05. The first-order valence-electron chi connectivity index (χ1n) is 8.94. The number of rotatable bonds is 7. The van der Waals surface area contributed by atoms with Crippen molar-refractivity contribution in [3.05, 3.63) is 58.7 Å². The number of hydrogen-bond acceptors (Lipinski definition) is 8. The van der Waals surface area contributed by atoms with E-state index in [1.54, 1.807) is 44.2 Å². The van der Waals surface area contributed by atoms with E-state index >= 15 is 0 Å². The molecule has 2 heterocycles. The summed E-state index contributed by atoms with van der Waals surface area (Å²) in [5, 5.41) is 10.1. The molecule has 1 aromatic carbocycles. The average Bonchev–Trinajstić information content (AvgIpc) is 3.25. The van der Waals surface area contributed by atoms with Gasteiger partial charge in [0.15, 0.2) is 11.9 Å². The molecule has 3 aromatic rings. The molecule has 0 bridgehead atoms. The summed E-state index contributed by atoms with van der Waals surface area (Å²) in [7, 11) is 0. The third-order valence-electron chi connectivity index (χ3n) is 4.19. The number of nitrogens with zero attached hydrogens (tertiary/aromatic N) is 2. The number of aromatic nitrogens is 2. The summed E-state index contributed by atoms with van der Waals surface area (Å²) in [6.07, 6.45) is -1.05. The average molecular weight is 399 g/mol. The zero-order valence-corrected chi connectivity index (χ0v) is 16.5. The maximum Gasteiger partial charge on any atom is 0.342 e. The molecule has 1 amide bonds. The lowest BCUT2D eigenvalue weighted by molar-refractivity contribution is -0.123. The summed E-state index contributed by atoms with van der Waals surface area (Å²) < 4.78 is 21.1. The number of benzene rings is 1. The van der Waals surface area contributed by atoms with Gasteiger partial charge in [-0.25, -0.2) is 4.79 Å². The fourth-order valence-electron chi connectivity index (χ4n) is 2.55. The first-order chi connectivity index (χ1) is 13.8. The van der Waals surface area contributed by atoms with Crippen LogP contribution in [0.15, 0.2) is 39.4 Å². The fraction of sp³-hybridized carbons (Fsp3) is 0.300. The number of carbonyl (C=O) groups excluding carboxylic acids is 2. The molecule has 1 unspecified atom stereocenters.